The van der Waals surface area contributed by atoms with Gasteiger partial charge in [0.25, 0.3) is 10.0 Å². The number of halogens is 2. The van der Waals surface area contributed by atoms with Crippen molar-refractivity contribution in [1.29, 1.82) is 0 Å². The third-order valence-electron chi connectivity index (χ3n) is 3.23. The number of hydrogen-bond donors (Lipinski definition) is 1. The molecule has 1 amide bonds. The van der Waals surface area contributed by atoms with E-state index in [1.54, 1.807) is 24.3 Å². The zero-order valence-corrected chi connectivity index (χ0v) is 14.4. The molecule has 5 nitrogen and oxygen atoms in total. The summed E-state index contributed by atoms with van der Waals surface area (Å²) in [5, 5.41) is 0.205. The molecule has 0 bridgehead atoms. The fourth-order valence-corrected chi connectivity index (χ4v) is 4.13. The van der Waals surface area contributed by atoms with Gasteiger partial charge >= 0.3 is 0 Å². The molecule has 8 heteroatoms. The minimum Gasteiger partial charge on any atom is -0.368 e. The van der Waals surface area contributed by atoms with E-state index in [0.717, 1.165) is 4.31 Å². The molecule has 1 atom stereocenters. The van der Waals surface area contributed by atoms with Gasteiger partial charge in [-0.25, -0.2) is 8.42 Å². The molecule has 0 saturated heterocycles. The van der Waals surface area contributed by atoms with Gasteiger partial charge in [-0.1, -0.05) is 47.5 Å². The summed E-state index contributed by atoms with van der Waals surface area (Å²) in [6.45, 7) is 1.39. The monoisotopic (exact) mass is 372 g/mol. The highest BCUT2D eigenvalue weighted by Gasteiger charge is 2.33. The highest BCUT2D eigenvalue weighted by Crippen LogP contribution is 2.36. The third kappa shape index (κ3) is 3.44. The Hall–Kier alpha value is -1.76. The lowest BCUT2D eigenvalue weighted by Crippen LogP contribution is -2.46. The molecule has 0 spiro atoms. The quantitative estimate of drug-likeness (QED) is 0.875. The first-order valence-electron chi connectivity index (χ1n) is 6.59. The van der Waals surface area contributed by atoms with Crippen LogP contribution in [0.5, 0.6) is 0 Å². The second-order valence-electron chi connectivity index (χ2n) is 4.77. The van der Waals surface area contributed by atoms with Crippen molar-refractivity contribution in [3.63, 3.8) is 0 Å². The van der Waals surface area contributed by atoms with Crippen LogP contribution < -0.4 is 10.0 Å². The molecule has 2 aromatic rings. The Bertz CT molecular complexity index is 826. The van der Waals surface area contributed by atoms with E-state index in [1.165, 1.54) is 31.2 Å². The van der Waals surface area contributed by atoms with Crippen LogP contribution in [0.15, 0.2) is 53.4 Å². The zero-order valence-electron chi connectivity index (χ0n) is 12.1. The maximum Gasteiger partial charge on any atom is 0.265 e. The Kier molecular flexibility index (Phi) is 5.19. The SMILES string of the molecule is CC(C(N)=O)N(c1cccc(Cl)c1Cl)S(=O)(=O)c1ccccc1. The molecule has 2 rings (SSSR count). The van der Waals surface area contributed by atoms with Crippen LogP contribution in [-0.4, -0.2) is 20.4 Å². The smallest absolute Gasteiger partial charge is 0.265 e. The molecular weight excluding hydrogens is 359 g/mol. The van der Waals surface area contributed by atoms with Gasteiger partial charge in [-0.15, -0.1) is 0 Å². The maximum atomic E-state index is 13.0. The van der Waals surface area contributed by atoms with Crippen molar-refractivity contribution in [2.45, 2.75) is 17.9 Å². The van der Waals surface area contributed by atoms with Gasteiger partial charge < -0.3 is 5.73 Å². The Morgan fingerprint density at radius 1 is 1.09 bits per heavy atom. The first-order valence-corrected chi connectivity index (χ1v) is 8.79. The van der Waals surface area contributed by atoms with Crippen LogP contribution in [-0.2, 0) is 14.8 Å². The van der Waals surface area contributed by atoms with Gasteiger partial charge in [0.15, 0.2) is 0 Å². The molecule has 2 aromatic carbocycles. The molecule has 0 heterocycles. The minimum absolute atomic E-state index is 0.0177. The minimum atomic E-state index is -4.05. The lowest BCUT2D eigenvalue weighted by molar-refractivity contribution is -0.118. The third-order valence-corrected chi connectivity index (χ3v) is 5.94. The van der Waals surface area contributed by atoms with Gasteiger partial charge in [-0.05, 0) is 31.2 Å². The molecule has 0 fully saturated rings. The summed E-state index contributed by atoms with van der Waals surface area (Å²) < 4.78 is 26.8. The summed E-state index contributed by atoms with van der Waals surface area (Å²) in [4.78, 5) is 11.6. The summed E-state index contributed by atoms with van der Waals surface area (Å²) in [6, 6.07) is 11.1. The fraction of sp³-hybridized carbons (Fsp3) is 0.133. The number of nitrogens with zero attached hydrogens (tertiary/aromatic N) is 1. The fourth-order valence-electron chi connectivity index (χ4n) is 2.03. The lowest BCUT2D eigenvalue weighted by atomic mass is 10.2. The summed E-state index contributed by atoms with van der Waals surface area (Å²) in [5.41, 5.74) is 5.41. The topological polar surface area (TPSA) is 80.5 Å². The van der Waals surface area contributed by atoms with Gasteiger partial charge in [0.05, 0.1) is 20.6 Å². The van der Waals surface area contributed by atoms with E-state index >= 15 is 0 Å². The van der Waals surface area contributed by atoms with Gasteiger partial charge in [0, 0.05) is 0 Å². The van der Waals surface area contributed by atoms with Crippen molar-refractivity contribution in [2.24, 2.45) is 5.73 Å². The van der Waals surface area contributed by atoms with Crippen molar-refractivity contribution in [3.8, 4) is 0 Å². The van der Waals surface area contributed by atoms with E-state index in [0.29, 0.717) is 0 Å². The second kappa shape index (κ2) is 6.78. The highest BCUT2D eigenvalue weighted by atomic mass is 35.5. The zero-order chi connectivity index (χ0) is 17.2. The Morgan fingerprint density at radius 3 is 2.26 bits per heavy atom. The number of anilines is 1. The average Bonchev–Trinajstić information content (AvgIpc) is 2.52. The standard InChI is InChI=1S/C15H14Cl2N2O3S/c1-10(15(18)20)19(13-9-5-8-12(16)14(13)17)23(21,22)11-6-3-2-4-7-11/h2-10H,1H3,(H2,18,20). The molecule has 23 heavy (non-hydrogen) atoms. The predicted molar refractivity (Wildman–Crippen MR) is 91.2 cm³/mol. The number of amides is 1. The lowest BCUT2D eigenvalue weighted by Gasteiger charge is -2.29. The Morgan fingerprint density at radius 2 is 1.70 bits per heavy atom. The average molecular weight is 373 g/mol. The number of benzene rings is 2. The number of carbonyl (C=O) groups is 1. The molecule has 1 unspecified atom stereocenters. The second-order valence-corrected chi connectivity index (χ2v) is 7.37. The molecule has 0 radical (unpaired) electrons. The van der Waals surface area contributed by atoms with Crippen molar-refractivity contribution in [3.05, 3.63) is 58.6 Å². The first-order chi connectivity index (χ1) is 10.8. The summed E-state index contributed by atoms with van der Waals surface area (Å²) in [6.07, 6.45) is 0. The van der Waals surface area contributed by atoms with Crippen molar-refractivity contribution in [1.82, 2.24) is 0 Å². The van der Waals surface area contributed by atoms with Crippen LogP contribution in [0.2, 0.25) is 10.0 Å². The van der Waals surface area contributed by atoms with Crippen molar-refractivity contribution < 1.29 is 13.2 Å². The largest absolute Gasteiger partial charge is 0.368 e. The van der Waals surface area contributed by atoms with E-state index < -0.39 is 22.0 Å². The number of hydrogen-bond acceptors (Lipinski definition) is 3. The molecular formula is C15H14Cl2N2O3S. The maximum absolute atomic E-state index is 13.0. The molecule has 0 aliphatic rings. The number of carbonyl (C=O) groups excluding carboxylic acids is 1. The first kappa shape index (κ1) is 17.6. The molecule has 2 N–H and O–H groups in total. The van der Waals surface area contributed by atoms with Crippen LogP contribution in [0.3, 0.4) is 0 Å². The van der Waals surface area contributed by atoms with E-state index in [9.17, 15) is 13.2 Å². The normalized spacial score (nSPS) is 12.7. The highest BCUT2D eigenvalue weighted by molar-refractivity contribution is 7.93. The number of nitrogens with two attached hydrogens (primary N) is 1. The summed E-state index contributed by atoms with van der Waals surface area (Å²) >= 11 is 12.1. The van der Waals surface area contributed by atoms with Crippen LogP contribution >= 0.6 is 23.2 Å². The van der Waals surface area contributed by atoms with Gasteiger partial charge in [-0.3, -0.25) is 9.10 Å². The summed E-state index contributed by atoms with van der Waals surface area (Å²) in [7, 11) is -4.05. The summed E-state index contributed by atoms with van der Waals surface area (Å²) in [5.74, 6) is -0.805. The van der Waals surface area contributed by atoms with Crippen molar-refractivity contribution in [2.75, 3.05) is 4.31 Å². The number of rotatable bonds is 5. The van der Waals surface area contributed by atoms with Crippen LogP contribution in [0.1, 0.15) is 6.92 Å². The van der Waals surface area contributed by atoms with Gasteiger partial charge in [0.1, 0.15) is 6.04 Å². The van der Waals surface area contributed by atoms with Crippen LogP contribution in [0.25, 0.3) is 0 Å². The predicted octanol–water partition coefficient (Wildman–Crippen LogP) is 3.06. The van der Waals surface area contributed by atoms with E-state index in [4.69, 9.17) is 28.9 Å². The molecule has 0 aliphatic carbocycles. The molecule has 0 saturated carbocycles. The van der Waals surface area contributed by atoms with Crippen LogP contribution in [0, 0.1) is 0 Å². The van der Waals surface area contributed by atoms with Gasteiger partial charge in [-0.2, -0.15) is 0 Å². The molecule has 122 valence electrons. The van der Waals surface area contributed by atoms with Gasteiger partial charge in [0.2, 0.25) is 5.91 Å². The Balaban J connectivity index is 2.69. The van der Waals surface area contributed by atoms with E-state index in [2.05, 4.69) is 0 Å². The van der Waals surface area contributed by atoms with E-state index in [-0.39, 0.29) is 20.6 Å². The van der Waals surface area contributed by atoms with Crippen molar-refractivity contribution >= 4 is 44.8 Å². The number of sulfonamides is 1. The number of primary amides is 1. The molecule has 0 aromatic heterocycles. The molecule has 0 aliphatic heterocycles. The van der Waals surface area contributed by atoms with E-state index in [1.807, 2.05) is 0 Å². The Labute approximate surface area is 144 Å². The van der Waals surface area contributed by atoms with Crippen LogP contribution in [0.4, 0.5) is 5.69 Å².